The van der Waals surface area contributed by atoms with Crippen molar-refractivity contribution in [3.63, 3.8) is 0 Å². The Balaban J connectivity index is 2.01. The average molecular weight is 383 g/mol. The first kappa shape index (κ1) is 20.7. The van der Waals surface area contributed by atoms with Crippen LogP contribution in [0, 0.1) is 6.92 Å². The first-order valence-electron chi connectivity index (χ1n) is 9.10. The highest BCUT2D eigenvalue weighted by molar-refractivity contribution is 7.88. The molecule has 1 aliphatic rings. The molecular formula is C19H30N2O4S. The number of nitrogens with one attached hydrogen (secondary N) is 1. The van der Waals surface area contributed by atoms with Crippen LogP contribution < -0.4 is 10.1 Å². The molecule has 1 saturated heterocycles. The Morgan fingerprint density at radius 2 is 2.00 bits per heavy atom. The number of piperidine rings is 1. The van der Waals surface area contributed by atoms with Crippen molar-refractivity contribution in [2.24, 2.45) is 0 Å². The maximum Gasteiger partial charge on any atom is 0.261 e. The van der Waals surface area contributed by atoms with Crippen LogP contribution in [0.5, 0.6) is 5.75 Å². The first-order valence-corrected chi connectivity index (χ1v) is 11.0. The van der Waals surface area contributed by atoms with Crippen molar-refractivity contribution in [2.45, 2.75) is 58.6 Å². The topological polar surface area (TPSA) is 75.7 Å². The van der Waals surface area contributed by atoms with E-state index in [2.05, 4.69) is 19.2 Å². The van der Waals surface area contributed by atoms with Gasteiger partial charge in [-0.05, 0) is 49.8 Å². The number of carbonyl (C=O) groups excluding carboxylic acids is 1. The van der Waals surface area contributed by atoms with Gasteiger partial charge in [0.1, 0.15) is 5.75 Å². The highest BCUT2D eigenvalue weighted by Gasteiger charge is 2.28. The molecule has 146 valence electrons. The van der Waals surface area contributed by atoms with Crippen molar-refractivity contribution in [3.05, 3.63) is 29.3 Å². The molecule has 1 aromatic rings. The standard InChI is InChI=1S/C19H30N2O4S/c1-13(2)17-9-8-14(3)11-18(17)25-15(4)19(22)20-16-7-6-10-21(12-16)26(5,23)24/h8-9,11,13,15-16H,6-7,10,12H2,1-5H3,(H,20,22). The van der Waals surface area contributed by atoms with Gasteiger partial charge in [-0.2, -0.15) is 0 Å². The minimum Gasteiger partial charge on any atom is -0.481 e. The maximum absolute atomic E-state index is 12.5. The zero-order chi connectivity index (χ0) is 19.5. The zero-order valence-corrected chi connectivity index (χ0v) is 17.1. The number of aryl methyl sites for hydroxylation is 1. The molecule has 0 bridgehead atoms. The third-order valence-electron chi connectivity index (χ3n) is 4.66. The second-order valence-electron chi connectivity index (χ2n) is 7.42. The summed E-state index contributed by atoms with van der Waals surface area (Å²) < 4.78 is 30.8. The first-order chi connectivity index (χ1) is 12.1. The van der Waals surface area contributed by atoms with Crippen molar-refractivity contribution >= 4 is 15.9 Å². The van der Waals surface area contributed by atoms with Gasteiger partial charge in [0.2, 0.25) is 10.0 Å². The molecule has 1 aromatic carbocycles. The summed E-state index contributed by atoms with van der Waals surface area (Å²) in [6.45, 7) is 8.72. The van der Waals surface area contributed by atoms with E-state index in [4.69, 9.17) is 4.74 Å². The van der Waals surface area contributed by atoms with Crippen LogP contribution in [0.2, 0.25) is 0 Å². The van der Waals surface area contributed by atoms with Gasteiger partial charge in [-0.1, -0.05) is 26.0 Å². The Bertz CT molecular complexity index is 746. The van der Waals surface area contributed by atoms with Gasteiger partial charge < -0.3 is 10.1 Å². The fraction of sp³-hybridized carbons (Fsp3) is 0.632. The minimum absolute atomic E-state index is 0.181. The molecular weight excluding hydrogens is 352 g/mol. The fourth-order valence-electron chi connectivity index (χ4n) is 3.14. The highest BCUT2D eigenvalue weighted by atomic mass is 32.2. The van der Waals surface area contributed by atoms with Crippen LogP contribution in [0.3, 0.4) is 0 Å². The number of hydrogen-bond donors (Lipinski definition) is 1. The highest BCUT2D eigenvalue weighted by Crippen LogP contribution is 2.28. The monoisotopic (exact) mass is 382 g/mol. The van der Waals surface area contributed by atoms with E-state index in [9.17, 15) is 13.2 Å². The Hall–Kier alpha value is -1.60. The van der Waals surface area contributed by atoms with Crippen molar-refractivity contribution < 1.29 is 17.9 Å². The van der Waals surface area contributed by atoms with Gasteiger partial charge in [0.05, 0.1) is 6.26 Å². The van der Waals surface area contributed by atoms with Crippen LogP contribution in [0.1, 0.15) is 50.7 Å². The molecule has 0 radical (unpaired) electrons. The van der Waals surface area contributed by atoms with Crippen LogP contribution in [0.4, 0.5) is 0 Å². The summed E-state index contributed by atoms with van der Waals surface area (Å²) >= 11 is 0. The average Bonchev–Trinajstić information content (AvgIpc) is 2.54. The third kappa shape index (κ3) is 5.45. The molecule has 0 saturated carbocycles. The quantitative estimate of drug-likeness (QED) is 0.820. The van der Waals surface area contributed by atoms with Gasteiger partial charge in [0.15, 0.2) is 6.10 Å². The van der Waals surface area contributed by atoms with E-state index in [1.165, 1.54) is 10.6 Å². The van der Waals surface area contributed by atoms with Gasteiger partial charge in [-0.25, -0.2) is 12.7 Å². The van der Waals surface area contributed by atoms with Gasteiger partial charge in [0.25, 0.3) is 5.91 Å². The van der Waals surface area contributed by atoms with Crippen LogP contribution >= 0.6 is 0 Å². The maximum atomic E-state index is 12.5. The van der Waals surface area contributed by atoms with E-state index in [-0.39, 0.29) is 11.9 Å². The van der Waals surface area contributed by atoms with Crippen molar-refractivity contribution in [1.29, 1.82) is 0 Å². The summed E-state index contributed by atoms with van der Waals surface area (Å²) in [6, 6.07) is 5.84. The number of sulfonamides is 1. The number of rotatable bonds is 6. The minimum atomic E-state index is -3.23. The Morgan fingerprint density at radius 3 is 2.62 bits per heavy atom. The lowest BCUT2D eigenvalue weighted by molar-refractivity contribution is -0.128. The molecule has 1 aliphatic heterocycles. The molecule has 2 atom stereocenters. The zero-order valence-electron chi connectivity index (χ0n) is 16.3. The number of amides is 1. The van der Waals surface area contributed by atoms with E-state index in [0.717, 1.165) is 29.7 Å². The summed E-state index contributed by atoms with van der Waals surface area (Å²) in [5.74, 6) is 0.799. The van der Waals surface area contributed by atoms with Crippen molar-refractivity contribution in [2.75, 3.05) is 19.3 Å². The molecule has 0 spiro atoms. The predicted octanol–water partition coefficient (Wildman–Crippen LogP) is 2.43. The Morgan fingerprint density at radius 1 is 1.31 bits per heavy atom. The third-order valence-corrected chi connectivity index (χ3v) is 5.93. The molecule has 0 aliphatic carbocycles. The largest absolute Gasteiger partial charge is 0.481 e. The summed E-state index contributed by atoms with van der Waals surface area (Å²) in [6.07, 6.45) is 2.06. The number of carbonyl (C=O) groups is 1. The van der Waals surface area contributed by atoms with E-state index in [1.54, 1.807) is 6.92 Å². The smallest absolute Gasteiger partial charge is 0.261 e. The second-order valence-corrected chi connectivity index (χ2v) is 9.41. The predicted molar refractivity (Wildman–Crippen MR) is 103 cm³/mol. The van der Waals surface area contributed by atoms with E-state index < -0.39 is 16.1 Å². The Kier molecular flexibility index (Phi) is 6.69. The van der Waals surface area contributed by atoms with Crippen LogP contribution in [0.25, 0.3) is 0 Å². The van der Waals surface area contributed by atoms with Crippen LogP contribution in [-0.2, 0) is 14.8 Å². The van der Waals surface area contributed by atoms with E-state index in [0.29, 0.717) is 19.0 Å². The van der Waals surface area contributed by atoms with Crippen LogP contribution in [0.15, 0.2) is 18.2 Å². The fourth-order valence-corrected chi connectivity index (χ4v) is 4.06. The second kappa shape index (κ2) is 8.39. The van der Waals surface area contributed by atoms with E-state index in [1.807, 2.05) is 25.1 Å². The molecule has 2 rings (SSSR count). The lowest BCUT2D eigenvalue weighted by atomic mass is 10.0. The lowest BCUT2D eigenvalue weighted by Crippen LogP contribution is -2.51. The molecule has 7 heteroatoms. The van der Waals surface area contributed by atoms with Gasteiger partial charge in [0, 0.05) is 19.1 Å². The molecule has 1 heterocycles. The van der Waals surface area contributed by atoms with Gasteiger partial charge >= 0.3 is 0 Å². The van der Waals surface area contributed by atoms with Crippen LogP contribution in [-0.4, -0.2) is 50.1 Å². The molecule has 0 aromatic heterocycles. The lowest BCUT2D eigenvalue weighted by Gasteiger charge is -2.32. The number of hydrogen-bond acceptors (Lipinski definition) is 4. The number of nitrogens with zero attached hydrogens (tertiary/aromatic N) is 1. The SMILES string of the molecule is Cc1ccc(C(C)C)c(OC(C)C(=O)NC2CCCN(S(C)(=O)=O)C2)c1. The van der Waals surface area contributed by atoms with Gasteiger partial charge in [-0.15, -0.1) is 0 Å². The number of ether oxygens (including phenoxy) is 1. The van der Waals surface area contributed by atoms with E-state index >= 15 is 0 Å². The summed E-state index contributed by atoms with van der Waals surface area (Å²) in [7, 11) is -3.23. The summed E-state index contributed by atoms with van der Waals surface area (Å²) in [4.78, 5) is 12.5. The molecule has 1 fully saturated rings. The molecule has 1 N–H and O–H groups in total. The molecule has 26 heavy (non-hydrogen) atoms. The number of benzene rings is 1. The molecule has 6 nitrogen and oxygen atoms in total. The summed E-state index contributed by atoms with van der Waals surface area (Å²) in [5.41, 5.74) is 2.14. The summed E-state index contributed by atoms with van der Waals surface area (Å²) in [5, 5.41) is 2.93. The normalized spacial score (nSPS) is 20.0. The molecule has 1 amide bonds. The molecule has 2 unspecified atom stereocenters. The van der Waals surface area contributed by atoms with Crippen molar-refractivity contribution in [1.82, 2.24) is 9.62 Å². The Labute approximate surface area is 157 Å². The van der Waals surface area contributed by atoms with Crippen molar-refractivity contribution in [3.8, 4) is 5.75 Å². The van der Waals surface area contributed by atoms with Gasteiger partial charge in [-0.3, -0.25) is 4.79 Å².